The van der Waals surface area contributed by atoms with Crippen molar-refractivity contribution in [2.24, 2.45) is 10.7 Å². The Morgan fingerprint density at radius 2 is 2.21 bits per heavy atom. The van der Waals surface area contributed by atoms with E-state index in [4.69, 9.17) is 10.5 Å². The number of nitrogens with one attached hydrogen (secondary N) is 1. The predicted octanol–water partition coefficient (Wildman–Crippen LogP) is 0.0653. The number of nitro groups is 1. The van der Waals surface area contributed by atoms with Gasteiger partial charge in [0.05, 0.1) is 18.4 Å². The zero-order chi connectivity index (χ0) is 14.8. The van der Waals surface area contributed by atoms with Crippen molar-refractivity contribution < 1.29 is 14.5 Å². The molecule has 0 aliphatic rings. The Bertz CT molecular complexity index is 377. The normalized spacial score (nSPS) is 12.6. The molecule has 0 saturated heterocycles. The lowest BCUT2D eigenvalue weighted by Crippen LogP contribution is -2.29. The number of carbonyl (C=O) groups excluding carboxylic acids is 1. The molecule has 0 amide bonds. The second-order valence-corrected chi connectivity index (χ2v) is 3.97. The topological polar surface area (TPSA) is 120 Å². The molecule has 0 aliphatic carbocycles. The summed E-state index contributed by atoms with van der Waals surface area (Å²) in [5, 5.41) is 13.5. The van der Waals surface area contributed by atoms with E-state index in [1.165, 1.54) is 0 Å². The number of hydrogen-bond donors (Lipinski definition) is 2. The summed E-state index contributed by atoms with van der Waals surface area (Å²) in [7, 11) is 0. The van der Waals surface area contributed by atoms with Crippen LogP contribution in [0.25, 0.3) is 0 Å². The predicted molar refractivity (Wildman–Crippen MR) is 71.3 cm³/mol. The van der Waals surface area contributed by atoms with E-state index < -0.39 is 16.7 Å². The van der Waals surface area contributed by atoms with Crippen molar-refractivity contribution in [3.63, 3.8) is 0 Å². The lowest BCUT2D eigenvalue weighted by molar-refractivity contribution is -0.426. The summed E-state index contributed by atoms with van der Waals surface area (Å²) in [5.41, 5.74) is 5.56. The van der Waals surface area contributed by atoms with Crippen LogP contribution in [0.1, 0.15) is 20.8 Å². The maximum atomic E-state index is 11.2. The quantitative estimate of drug-likeness (QED) is 0.279. The second kappa shape index (κ2) is 9.03. The molecule has 0 aromatic rings. The fourth-order valence-electron chi connectivity index (χ4n) is 1.06. The molecule has 8 nitrogen and oxygen atoms in total. The molecule has 19 heavy (non-hydrogen) atoms. The minimum absolute atomic E-state index is 0.179. The van der Waals surface area contributed by atoms with Gasteiger partial charge in [0.25, 0.3) is 0 Å². The van der Waals surface area contributed by atoms with Gasteiger partial charge in [-0.2, -0.15) is 0 Å². The van der Waals surface area contributed by atoms with Crippen molar-refractivity contribution in [1.82, 2.24) is 5.32 Å². The molecule has 0 aromatic heterocycles. The number of esters is 1. The third-order valence-electron chi connectivity index (χ3n) is 1.93. The first-order chi connectivity index (χ1) is 8.86. The molecular formula is C11H20N4O4. The largest absolute Gasteiger partial charge is 0.465 e. The number of nitrogens with zero attached hydrogens (tertiary/aromatic N) is 2. The maximum absolute atomic E-state index is 11.2. The van der Waals surface area contributed by atoms with Gasteiger partial charge in [-0.25, -0.2) is 0 Å². The van der Waals surface area contributed by atoms with E-state index in [0.29, 0.717) is 5.71 Å². The minimum Gasteiger partial charge on any atom is -0.465 e. The molecule has 0 radical (unpaired) electrons. The Morgan fingerprint density at radius 1 is 1.58 bits per heavy atom. The third kappa shape index (κ3) is 8.72. The Labute approximate surface area is 111 Å². The van der Waals surface area contributed by atoms with Gasteiger partial charge in [-0.1, -0.05) is 13.8 Å². The Morgan fingerprint density at radius 3 is 2.68 bits per heavy atom. The van der Waals surface area contributed by atoms with E-state index in [1.54, 1.807) is 6.92 Å². The Hall–Kier alpha value is -1.96. The van der Waals surface area contributed by atoms with Gasteiger partial charge in [0.15, 0.2) is 0 Å². The SMILES string of the molecule is CCOC(=O)CN=C(/C=C(\N)[N+](=O)[O-])CNC(C)C. The Balaban J connectivity index is 4.75. The fraction of sp³-hybridized carbons (Fsp3) is 0.636. The lowest BCUT2D eigenvalue weighted by Gasteiger charge is -2.08. The van der Waals surface area contributed by atoms with Gasteiger partial charge in [0.2, 0.25) is 0 Å². The van der Waals surface area contributed by atoms with Gasteiger partial charge in [-0.3, -0.25) is 15.5 Å². The highest BCUT2D eigenvalue weighted by Crippen LogP contribution is 1.91. The molecule has 0 fully saturated rings. The zero-order valence-electron chi connectivity index (χ0n) is 11.4. The number of hydrogen-bond acceptors (Lipinski definition) is 7. The molecular weight excluding hydrogens is 252 g/mol. The van der Waals surface area contributed by atoms with Crippen LogP contribution in [0.5, 0.6) is 0 Å². The molecule has 0 atom stereocenters. The van der Waals surface area contributed by atoms with Crippen LogP contribution in [0.3, 0.4) is 0 Å². The van der Waals surface area contributed by atoms with Crippen LogP contribution in [0.15, 0.2) is 16.9 Å². The van der Waals surface area contributed by atoms with Crippen molar-refractivity contribution in [2.45, 2.75) is 26.8 Å². The number of nitrogens with two attached hydrogens (primary N) is 1. The Kier molecular flexibility index (Phi) is 8.10. The first-order valence-corrected chi connectivity index (χ1v) is 5.90. The third-order valence-corrected chi connectivity index (χ3v) is 1.93. The van der Waals surface area contributed by atoms with Crippen molar-refractivity contribution in [1.29, 1.82) is 0 Å². The van der Waals surface area contributed by atoms with Gasteiger partial charge >= 0.3 is 11.8 Å². The first kappa shape index (κ1) is 17.0. The smallest absolute Gasteiger partial charge is 0.327 e. The minimum atomic E-state index is -0.713. The maximum Gasteiger partial charge on any atom is 0.327 e. The highest BCUT2D eigenvalue weighted by molar-refractivity contribution is 5.97. The van der Waals surface area contributed by atoms with Crippen LogP contribution < -0.4 is 11.1 Å². The molecule has 0 heterocycles. The van der Waals surface area contributed by atoms with Crippen LogP contribution in [-0.2, 0) is 9.53 Å². The molecule has 0 aliphatic heterocycles. The van der Waals surface area contributed by atoms with Gasteiger partial charge < -0.3 is 20.2 Å². The molecule has 0 rings (SSSR count). The van der Waals surface area contributed by atoms with Crippen molar-refractivity contribution in [3.8, 4) is 0 Å². The molecule has 3 N–H and O–H groups in total. The molecule has 0 spiro atoms. The average molecular weight is 272 g/mol. The van der Waals surface area contributed by atoms with Crippen LogP contribution >= 0.6 is 0 Å². The lowest BCUT2D eigenvalue weighted by atomic mass is 10.3. The summed E-state index contributed by atoms with van der Waals surface area (Å²) in [6, 6.07) is 0.179. The van der Waals surface area contributed by atoms with Crippen LogP contribution in [0.2, 0.25) is 0 Å². The summed E-state index contributed by atoms with van der Waals surface area (Å²) >= 11 is 0. The van der Waals surface area contributed by atoms with Crippen LogP contribution in [0, 0.1) is 10.1 Å². The molecule has 0 aromatic carbocycles. The number of ether oxygens (including phenoxy) is 1. The van der Waals surface area contributed by atoms with E-state index >= 15 is 0 Å². The highest BCUT2D eigenvalue weighted by Gasteiger charge is 2.07. The highest BCUT2D eigenvalue weighted by atomic mass is 16.6. The van der Waals surface area contributed by atoms with Crippen molar-refractivity contribution in [2.75, 3.05) is 19.7 Å². The van der Waals surface area contributed by atoms with E-state index in [2.05, 4.69) is 10.3 Å². The summed E-state index contributed by atoms with van der Waals surface area (Å²) in [4.78, 5) is 24.9. The fourth-order valence-corrected chi connectivity index (χ4v) is 1.06. The van der Waals surface area contributed by atoms with Crippen molar-refractivity contribution >= 4 is 11.7 Å². The summed E-state index contributed by atoms with van der Waals surface area (Å²) in [5.74, 6) is -1.01. The van der Waals surface area contributed by atoms with E-state index in [-0.39, 0.29) is 25.7 Å². The summed E-state index contributed by atoms with van der Waals surface area (Å²) < 4.78 is 4.72. The van der Waals surface area contributed by atoms with Gasteiger partial charge in [-0.15, -0.1) is 0 Å². The standard InChI is InChI=1S/C11H20N4O4/c1-4-19-11(16)7-14-9(6-13-8(2)3)5-10(12)15(17)18/h5,8,13H,4,6-7,12H2,1-3H3/b10-5+,14-9?. The number of rotatable bonds is 8. The average Bonchev–Trinajstić information content (AvgIpc) is 2.32. The molecule has 8 heteroatoms. The van der Waals surface area contributed by atoms with Crippen LogP contribution in [0.4, 0.5) is 0 Å². The molecule has 0 bridgehead atoms. The van der Waals surface area contributed by atoms with Crippen LogP contribution in [-0.4, -0.2) is 42.3 Å². The molecule has 108 valence electrons. The van der Waals surface area contributed by atoms with Gasteiger partial charge in [0.1, 0.15) is 6.54 Å². The summed E-state index contributed by atoms with van der Waals surface area (Å²) in [6.07, 6.45) is 1.13. The number of carbonyl (C=O) groups is 1. The van der Waals surface area contributed by atoms with Gasteiger partial charge in [-0.05, 0) is 11.8 Å². The van der Waals surface area contributed by atoms with E-state index in [1.807, 2.05) is 13.8 Å². The van der Waals surface area contributed by atoms with Gasteiger partial charge in [0, 0.05) is 12.6 Å². The molecule has 0 saturated carbocycles. The van der Waals surface area contributed by atoms with E-state index in [9.17, 15) is 14.9 Å². The zero-order valence-corrected chi connectivity index (χ0v) is 11.4. The summed E-state index contributed by atoms with van der Waals surface area (Å²) in [6.45, 7) is 5.89. The first-order valence-electron chi connectivity index (χ1n) is 5.90. The second-order valence-electron chi connectivity index (χ2n) is 3.97. The number of aliphatic imine (C=N–C) groups is 1. The van der Waals surface area contributed by atoms with Crippen molar-refractivity contribution in [3.05, 3.63) is 22.0 Å². The molecule has 0 unspecified atom stereocenters. The monoisotopic (exact) mass is 272 g/mol. The van der Waals surface area contributed by atoms with E-state index in [0.717, 1.165) is 6.08 Å².